The molecule has 2 nitrogen and oxygen atoms in total. The van der Waals surface area contributed by atoms with Gasteiger partial charge in [-0.1, -0.05) is 12.2 Å². The van der Waals surface area contributed by atoms with Crippen molar-refractivity contribution in [3.05, 3.63) is 12.2 Å². The van der Waals surface area contributed by atoms with E-state index in [-0.39, 0.29) is 11.6 Å². The Kier molecular flexibility index (Phi) is 3.52. The lowest BCUT2D eigenvalue weighted by molar-refractivity contribution is -0.156. The van der Waals surface area contributed by atoms with Gasteiger partial charge < -0.3 is 4.74 Å². The molecule has 13 heavy (non-hydrogen) atoms. The van der Waals surface area contributed by atoms with Crippen molar-refractivity contribution < 1.29 is 9.53 Å². The van der Waals surface area contributed by atoms with Crippen molar-refractivity contribution in [2.24, 2.45) is 0 Å². The molecule has 1 unspecified atom stereocenters. The van der Waals surface area contributed by atoms with E-state index in [0.717, 1.165) is 32.1 Å². The number of carbonyl (C=O) groups is 1. The first-order chi connectivity index (χ1) is 6.12. The van der Waals surface area contributed by atoms with Gasteiger partial charge in [-0.25, -0.2) is 0 Å². The van der Waals surface area contributed by atoms with Crippen LogP contribution in [0.15, 0.2) is 12.2 Å². The zero-order chi connectivity index (χ0) is 9.73. The second-order valence-corrected chi connectivity index (χ2v) is 3.95. The summed E-state index contributed by atoms with van der Waals surface area (Å²) < 4.78 is 5.34. The van der Waals surface area contributed by atoms with Crippen LogP contribution in [0.1, 0.15) is 46.0 Å². The van der Waals surface area contributed by atoms with E-state index in [0.29, 0.717) is 0 Å². The molecular formula is C11H18O2. The zero-order valence-electron chi connectivity index (χ0n) is 8.51. The Hall–Kier alpha value is -0.790. The lowest BCUT2D eigenvalue weighted by atomic mass is 9.91. The third-order valence-corrected chi connectivity index (χ3v) is 2.47. The van der Waals surface area contributed by atoms with E-state index in [4.69, 9.17) is 4.74 Å². The van der Waals surface area contributed by atoms with Crippen molar-refractivity contribution in [1.29, 1.82) is 0 Å². The van der Waals surface area contributed by atoms with E-state index >= 15 is 0 Å². The number of allylic oxidation sites excluding steroid dienone is 2. The molecule has 0 saturated heterocycles. The minimum Gasteiger partial charge on any atom is -0.460 e. The standard InChI is InChI=1S/C11H18O2/c1-10(12)13-11(2)8-6-4-3-5-7-9-11/h3-4H,5-9H2,1-2H3/b4-3-. The van der Waals surface area contributed by atoms with Gasteiger partial charge in [0.15, 0.2) is 0 Å². The van der Waals surface area contributed by atoms with Crippen LogP contribution in [-0.2, 0) is 9.53 Å². The fourth-order valence-corrected chi connectivity index (χ4v) is 1.79. The first-order valence-corrected chi connectivity index (χ1v) is 4.97. The normalized spacial score (nSPS) is 31.5. The van der Waals surface area contributed by atoms with Crippen molar-refractivity contribution in [2.75, 3.05) is 0 Å². The Morgan fingerprint density at radius 1 is 1.31 bits per heavy atom. The summed E-state index contributed by atoms with van der Waals surface area (Å²) in [5.41, 5.74) is -0.226. The van der Waals surface area contributed by atoms with Crippen LogP contribution in [0.3, 0.4) is 0 Å². The maximum atomic E-state index is 10.9. The van der Waals surface area contributed by atoms with Crippen LogP contribution < -0.4 is 0 Å². The van der Waals surface area contributed by atoms with Crippen LogP contribution in [-0.4, -0.2) is 11.6 Å². The average Bonchev–Trinajstić information content (AvgIpc) is 1.97. The van der Waals surface area contributed by atoms with Gasteiger partial charge in [-0.05, 0) is 39.0 Å². The van der Waals surface area contributed by atoms with E-state index < -0.39 is 0 Å². The molecule has 0 heterocycles. The summed E-state index contributed by atoms with van der Waals surface area (Å²) in [7, 11) is 0. The molecule has 2 heteroatoms. The highest BCUT2D eigenvalue weighted by Gasteiger charge is 2.26. The number of hydrogen-bond acceptors (Lipinski definition) is 2. The molecule has 0 bridgehead atoms. The van der Waals surface area contributed by atoms with Crippen molar-refractivity contribution in [3.8, 4) is 0 Å². The minimum absolute atomic E-state index is 0.160. The van der Waals surface area contributed by atoms with Crippen LogP contribution in [0.25, 0.3) is 0 Å². The fourth-order valence-electron chi connectivity index (χ4n) is 1.79. The Labute approximate surface area is 80.0 Å². The molecule has 0 aromatic heterocycles. The van der Waals surface area contributed by atoms with E-state index in [2.05, 4.69) is 12.2 Å². The molecule has 0 aliphatic heterocycles. The lowest BCUT2D eigenvalue weighted by Gasteiger charge is -2.29. The number of esters is 1. The van der Waals surface area contributed by atoms with E-state index in [1.165, 1.54) is 6.92 Å². The van der Waals surface area contributed by atoms with Crippen LogP contribution in [0.4, 0.5) is 0 Å². The van der Waals surface area contributed by atoms with E-state index in [1.807, 2.05) is 6.92 Å². The topological polar surface area (TPSA) is 26.3 Å². The maximum absolute atomic E-state index is 10.9. The van der Waals surface area contributed by atoms with Crippen molar-refractivity contribution >= 4 is 5.97 Å². The Balaban J connectivity index is 2.53. The van der Waals surface area contributed by atoms with Gasteiger partial charge >= 0.3 is 5.97 Å². The number of carbonyl (C=O) groups excluding carboxylic acids is 1. The third-order valence-electron chi connectivity index (χ3n) is 2.47. The maximum Gasteiger partial charge on any atom is 0.303 e. The molecule has 74 valence electrons. The SMILES string of the molecule is CC(=O)OC1(C)CC/C=C\CCC1. The second kappa shape index (κ2) is 4.45. The molecule has 0 N–H and O–H groups in total. The van der Waals surface area contributed by atoms with Gasteiger partial charge in [0, 0.05) is 6.92 Å². The number of rotatable bonds is 1. The third kappa shape index (κ3) is 3.62. The molecule has 0 fully saturated rings. The van der Waals surface area contributed by atoms with E-state index in [9.17, 15) is 4.79 Å². The fraction of sp³-hybridized carbons (Fsp3) is 0.727. The molecular weight excluding hydrogens is 164 g/mol. The van der Waals surface area contributed by atoms with Crippen LogP contribution in [0.5, 0.6) is 0 Å². The van der Waals surface area contributed by atoms with Gasteiger partial charge in [0.05, 0.1) is 0 Å². The van der Waals surface area contributed by atoms with Crippen LogP contribution in [0, 0.1) is 0 Å². The molecule has 0 amide bonds. The molecule has 1 aliphatic carbocycles. The highest BCUT2D eigenvalue weighted by atomic mass is 16.6. The molecule has 1 rings (SSSR count). The molecule has 1 atom stereocenters. The zero-order valence-corrected chi connectivity index (χ0v) is 8.51. The monoisotopic (exact) mass is 182 g/mol. The summed E-state index contributed by atoms with van der Waals surface area (Å²) in [5, 5.41) is 0. The molecule has 0 spiro atoms. The van der Waals surface area contributed by atoms with Gasteiger partial charge in [-0.2, -0.15) is 0 Å². The predicted molar refractivity (Wildman–Crippen MR) is 52.4 cm³/mol. The van der Waals surface area contributed by atoms with Gasteiger partial charge in [0.2, 0.25) is 0 Å². The summed E-state index contributed by atoms with van der Waals surface area (Å²) in [6, 6.07) is 0. The highest BCUT2D eigenvalue weighted by molar-refractivity contribution is 5.66. The molecule has 0 radical (unpaired) electrons. The van der Waals surface area contributed by atoms with Crippen molar-refractivity contribution in [1.82, 2.24) is 0 Å². The molecule has 1 aliphatic rings. The first-order valence-electron chi connectivity index (χ1n) is 4.97. The smallest absolute Gasteiger partial charge is 0.303 e. The summed E-state index contributed by atoms with van der Waals surface area (Å²) >= 11 is 0. The van der Waals surface area contributed by atoms with Crippen molar-refractivity contribution in [2.45, 2.75) is 51.6 Å². The van der Waals surface area contributed by atoms with Gasteiger partial charge in [0.25, 0.3) is 0 Å². The first kappa shape index (κ1) is 10.3. The molecule has 0 saturated carbocycles. The van der Waals surface area contributed by atoms with Gasteiger partial charge in [-0.3, -0.25) is 4.79 Å². The highest BCUT2D eigenvalue weighted by Crippen LogP contribution is 2.26. The number of hydrogen-bond donors (Lipinski definition) is 0. The summed E-state index contributed by atoms with van der Waals surface area (Å²) in [6.07, 6.45) is 9.56. The Morgan fingerprint density at radius 3 is 2.69 bits per heavy atom. The summed E-state index contributed by atoms with van der Waals surface area (Å²) in [4.78, 5) is 10.9. The largest absolute Gasteiger partial charge is 0.460 e. The summed E-state index contributed by atoms with van der Waals surface area (Å²) in [6.45, 7) is 3.52. The van der Waals surface area contributed by atoms with Gasteiger partial charge in [-0.15, -0.1) is 0 Å². The quantitative estimate of drug-likeness (QED) is 0.460. The lowest BCUT2D eigenvalue weighted by Crippen LogP contribution is -2.31. The summed E-state index contributed by atoms with van der Waals surface area (Å²) in [5.74, 6) is -0.160. The number of ether oxygens (including phenoxy) is 1. The second-order valence-electron chi connectivity index (χ2n) is 3.95. The molecule has 0 aromatic carbocycles. The Morgan fingerprint density at radius 2 is 2.00 bits per heavy atom. The average molecular weight is 182 g/mol. The minimum atomic E-state index is -0.226. The Bertz CT molecular complexity index is 208. The van der Waals surface area contributed by atoms with E-state index in [1.54, 1.807) is 0 Å². The van der Waals surface area contributed by atoms with Crippen LogP contribution >= 0.6 is 0 Å². The van der Waals surface area contributed by atoms with Crippen molar-refractivity contribution in [3.63, 3.8) is 0 Å². The predicted octanol–water partition coefficient (Wildman–Crippen LogP) is 2.83. The van der Waals surface area contributed by atoms with Crippen LogP contribution in [0.2, 0.25) is 0 Å². The molecule has 0 aromatic rings. The van der Waals surface area contributed by atoms with Gasteiger partial charge in [0.1, 0.15) is 5.60 Å².